The highest BCUT2D eigenvalue weighted by atomic mass is 32.2. The molecule has 2 saturated heterocycles. The van der Waals surface area contributed by atoms with E-state index in [1.807, 2.05) is 16.7 Å². The lowest BCUT2D eigenvalue weighted by molar-refractivity contribution is 0.0723. The predicted molar refractivity (Wildman–Crippen MR) is 91.9 cm³/mol. The Bertz CT molecular complexity index is 684. The Morgan fingerprint density at radius 1 is 1.25 bits per heavy atom. The topological polar surface area (TPSA) is 83.5 Å². The Labute approximate surface area is 143 Å². The molecule has 8 heteroatoms. The maximum absolute atomic E-state index is 12.4. The van der Waals surface area contributed by atoms with Gasteiger partial charge >= 0.3 is 0 Å². The first-order valence-electron chi connectivity index (χ1n) is 8.58. The molecule has 0 bridgehead atoms. The quantitative estimate of drug-likeness (QED) is 0.807. The van der Waals surface area contributed by atoms with E-state index in [-0.39, 0.29) is 23.5 Å². The van der Waals surface area contributed by atoms with Gasteiger partial charge in [-0.05, 0) is 32.6 Å². The zero-order chi connectivity index (χ0) is 17.2. The van der Waals surface area contributed by atoms with Gasteiger partial charge in [-0.15, -0.1) is 0 Å². The van der Waals surface area contributed by atoms with E-state index in [0.717, 1.165) is 25.9 Å². The molecule has 0 aromatic carbocycles. The van der Waals surface area contributed by atoms with Crippen molar-refractivity contribution in [3.63, 3.8) is 0 Å². The Morgan fingerprint density at radius 3 is 2.46 bits per heavy atom. The molecular formula is C16H24N4O3S. The molecule has 0 spiro atoms. The smallest absolute Gasteiger partial charge is 0.256 e. The van der Waals surface area contributed by atoms with Crippen molar-refractivity contribution in [1.29, 1.82) is 0 Å². The fraction of sp³-hybridized carbons (Fsp3) is 0.688. The van der Waals surface area contributed by atoms with Gasteiger partial charge in [0.25, 0.3) is 5.91 Å². The van der Waals surface area contributed by atoms with Crippen LogP contribution in [0.3, 0.4) is 0 Å². The number of aromatic nitrogens is 2. The summed E-state index contributed by atoms with van der Waals surface area (Å²) in [6, 6.07) is -0.0800. The average molecular weight is 352 g/mol. The number of carbonyl (C=O) groups is 1. The molecule has 1 aromatic rings. The van der Waals surface area contributed by atoms with Gasteiger partial charge in [-0.25, -0.2) is 18.4 Å². The summed E-state index contributed by atoms with van der Waals surface area (Å²) < 4.78 is 23.4. The highest BCUT2D eigenvalue weighted by Gasteiger charge is 2.33. The summed E-state index contributed by atoms with van der Waals surface area (Å²) in [5.74, 6) is 0.848. The number of amides is 1. The SMILES string of the molecule is CCN(c1ncc(C(=O)N2CCCCC2)cn1)C1CCS(=O)(=O)C1. The van der Waals surface area contributed by atoms with Gasteiger partial charge in [-0.1, -0.05) is 0 Å². The summed E-state index contributed by atoms with van der Waals surface area (Å²) in [6.07, 6.45) is 6.99. The van der Waals surface area contributed by atoms with Gasteiger partial charge in [0.05, 0.1) is 17.1 Å². The largest absolute Gasteiger partial charge is 0.339 e. The first kappa shape index (κ1) is 17.1. The van der Waals surface area contributed by atoms with Gasteiger partial charge < -0.3 is 9.80 Å². The minimum absolute atomic E-state index is 0.0206. The molecule has 1 atom stereocenters. The normalized spacial score (nSPS) is 23.2. The molecule has 3 heterocycles. The van der Waals surface area contributed by atoms with Gasteiger partial charge in [-0.2, -0.15) is 0 Å². The molecule has 0 aliphatic carbocycles. The van der Waals surface area contributed by atoms with E-state index < -0.39 is 9.84 Å². The fourth-order valence-corrected chi connectivity index (χ4v) is 5.17. The third kappa shape index (κ3) is 3.68. The Kier molecular flexibility index (Phi) is 5.03. The maximum atomic E-state index is 12.4. The summed E-state index contributed by atoms with van der Waals surface area (Å²) >= 11 is 0. The molecule has 2 aliphatic heterocycles. The van der Waals surface area contributed by atoms with Gasteiger partial charge in [-0.3, -0.25) is 4.79 Å². The summed E-state index contributed by atoms with van der Waals surface area (Å²) in [5.41, 5.74) is 0.496. The number of carbonyl (C=O) groups excluding carboxylic acids is 1. The number of anilines is 1. The number of rotatable bonds is 4. The third-order valence-corrected chi connectivity index (χ3v) is 6.53. The first-order valence-corrected chi connectivity index (χ1v) is 10.4. The second-order valence-electron chi connectivity index (χ2n) is 6.47. The van der Waals surface area contributed by atoms with Crippen LogP contribution in [0.1, 0.15) is 43.0 Å². The molecule has 1 amide bonds. The highest BCUT2D eigenvalue weighted by Crippen LogP contribution is 2.21. The lowest BCUT2D eigenvalue weighted by Gasteiger charge is -2.28. The molecule has 132 valence electrons. The van der Waals surface area contributed by atoms with Crippen molar-refractivity contribution in [3.05, 3.63) is 18.0 Å². The van der Waals surface area contributed by atoms with Crippen molar-refractivity contribution < 1.29 is 13.2 Å². The van der Waals surface area contributed by atoms with Crippen molar-refractivity contribution >= 4 is 21.7 Å². The fourth-order valence-electron chi connectivity index (χ4n) is 3.44. The van der Waals surface area contributed by atoms with Gasteiger partial charge in [0.2, 0.25) is 5.95 Å². The van der Waals surface area contributed by atoms with E-state index in [0.29, 0.717) is 24.5 Å². The summed E-state index contributed by atoms with van der Waals surface area (Å²) in [6.45, 7) is 4.18. The molecule has 0 N–H and O–H groups in total. The monoisotopic (exact) mass is 352 g/mol. The van der Waals surface area contributed by atoms with E-state index in [4.69, 9.17) is 0 Å². The van der Waals surface area contributed by atoms with E-state index >= 15 is 0 Å². The highest BCUT2D eigenvalue weighted by molar-refractivity contribution is 7.91. The van der Waals surface area contributed by atoms with Gasteiger partial charge in [0, 0.05) is 38.1 Å². The van der Waals surface area contributed by atoms with Crippen LogP contribution >= 0.6 is 0 Å². The van der Waals surface area contributed by atoms with Crippen molar-refractivity contribution in [2.75, 3.05) is 36.0 Å². The standard InChI is InChI=1S/C16H24N4O3S/c1-2-20(14-6-9-24(22,23)12-14)16-17-10-13(11-18-16)15(21)19-7-4-3-5-8-19/h10-11,14H,2-9,12H2,1H3. The third-order valence-electron chi connectivity index (χ3n) is 4.78. The molecule has 2 fully saturated rings. The molecule has 7 nitrogen and oxygen atoms in total. The van der Waals surface area contributed by atoms with Crippen molar-refractivity contribution in [2.45, 2.75) is 38.6 Å². The van der Waals surface area contributed by atoms with E-state index in [1.54, 1.807) is 12.4 Å². The molecule has 1 aromatic heterocycles. The summed E-state index contributed by atoms with van der Waals surface area (Å²) in [5, 5.41) is 0. The van der Waals surface area contributed by atoms with Crippen LogP contribution in [0, 0.1) is 0 Å². The minimum atomic E-state index is -2.95. The van der Waals surface area contributed by atoms with Crippen LogP contribution in [0.15, 0.2) is 12.4 Å². The molecule has 0 radical (unpaired) electrons. The molecule has 0 saturated carbocycles. The van der Waals surface area contributed by atoms with E-state index in [2.05, 4.69) is 9.97 Å². The molecule has 2 aliphatic rings. The average Bonchev–Trinajstić information content (AvgIpc) is 2.96. The van der Waals surface area contributed by atoms with Gasteiger partial charge in [0.1, 0.15) is 0 Å². The summed E-state index contributed by atoms with van der Waals surface area (Å²) in [4.78, 5) is 24.9. The van der Waals surface area contributed by atoms with Crippen molar-refractivity contribution in [3.8, 4) is 0 Å². The zero-order valence-electron chi connectivity index (χ0n) is 14.0. The first-order chi connectivity index (χ1) is 11.5. The number of piperidine rings is 1. The van der Waals surface area contributed by atoms with Crippen LogP contribution in [-0.4, -0.2) is 66.4 Å². The minimum Gasteiger partial charge on any atom is -0.339 e. The molecular weight excluding hydrogens is 328 g/mol. The van der Waals surface area contributed by atoms with Crippen molar-refractivity contribution in [2.24, 2.45) is 0 Å². The van der Waals surface area contributed by atoms with Crippen LogP contribution in [0.2, 0.25) is 0 Å². The summed E-state index contributed by atoms with van der Waals surface area (Å²) in [7, 11) is -2.95. The van der Waals surface area contributed by atoms with Crippen LogP contribution in [-0.2, 0) is 9.84 Å². The molecule has 1 unspecified atom stereocenters. The number of nitrogens with zero attached hydrogens (tertiary/aromatic N) is 4. The van der Waals surface area contributed by atoms with Crippen LogP contribution in [0.25, 0.3) is 0 Å². The maximum Gasteiger partial charge on any atom is 0.256 e. The number of likely N-dealkylation sites (tertiary alicyclic amines) is 1. The van der Waals surface area contributed by atoms with Crippen LogP contribution < -0.4 is 4.90 Å². The molecule has 24 heavy (non-hydrogen) atoms. The molecule has 3 rings (SSSR count). The van der Waals surface area contributed by atoms with E-state index in [1.165, 1.54) is 6.42 Å². The van der Waals surface area contributed by atoms with Crippen molar-refractivity contribution in [1.82, 2.24) is 14.9 Å². The number of sulfone groups is 1. The Balaban J connectivity index is 1.72. The van der Waals surface area contributed by atoms with Gasteiger partial charge in [0.15, 0.2) is 9.84 Å². The van der Waals surface area contributed by atoms with Crippen LogP contribution in [0.5, 0.6) is 0 Å². The Hall–Kier alpha value is -1.70. The second kappa shape index (κ2) is 7.04. The number of hydrogen-bond donors (Lipinski definition) is 0. The number of hydrogen-bond acceptors (Lipinski definition) is 6. The Morgan fingerprint density at radius 2 is 1.92 bits per heavy atom. The van der Waals surface area contributed by atoms with Crippen LogP contribution in [0.4, 0.5) is 5.95 Å². The lowest BCUT2D eigenvalue weighted by Crippen LogP contribution is -2.38. The van der Waals surface area contributed by atoms with E-state index in [9.17, 15) is 13.2 Å². The predicted octanol–water partition coefficient (Wildman–Crippen LogP) is 1.12. The lowest BCUT2D eigenvalue weighted by atomic mass is 10.1. The second-order valence-corrected chi connectivity index (χ2v) is 8.70. The zero-order valence-corrected chi connectivity index (χ0v) is 14.8.